The van der Waals surface area contributed by atoms with Crippen molar-refractivity contribution < 1.29 is 9.50 Å². The van der Waals surface area contributed by atoms with Gasteiger partial charge in [-0.1, -0.05) is 82.7 Å². The Balaban J connectivity index is 1.68. The van der Waals surface area contributed by atoms with Crippen molar-refractivity contribution >= 4 is 15.9 Å². The van der Waals surface area contributed by atoms with E-state index in [0.717, 1.165) is 25.2 Å². The molecule has 0 aliphatic carbocycles. The molecule has 1 unspecified atom stereocenters. The van der Waals surface area contributed by atoms with Gasteiger partial charge in [0.25, 0.3) is 0 Å². The van der Waals surface area contributed by atoms with Gasteiger partial charge in [-0.05, 0) is 35.2 Å². The van der Waals surface area contributed by atoms with Gasteiger partial charge in [-0.25, -0.2) is 4.39 Å². The van der Waals surface area contributed by atoms with Crippen LogP contribution in [0.3, 0.4) is 0 Å². The predicted octanol–water partition coefficient (Wildman–Crippen LogP) is 5.71. The normalized spacial score (nSPS) is 12.3. The SMILES string of the molecule is OC(CCN(Cc1ccccc1)Cc1ccccc1)c1ccc(F)cc1Br. The first-order valence-corrected chi connectivity index (χ1v) is 9.84. The average Bonchev–Trinajstić information content (AvgIpc) is 2.67. The van der Waals surface area contributed by atoms with E-state index in [9.17, 15) is 9.50 Å². The number of benzene rings is 3. The van der Waals surface area contributed by atoms with Crippen LogP contribution >= 0.6 is 15.9 Å². The summed E-state index contributed by atoms with van der Waals surface area (Å²) in [5.74, 6) is -0.312. The highest BCUT2D eigenvalue weighted by Gasteiger charge is 2.15. The van der Waals surface area contributed by atoms with Crippen molar-refractivity contribution in [1.82, 2.24) is 4.90 Å². The van der Waals surface area contributed by atoms with Crippen molar-refractivity contribution in [2.45, 2.75) is 25.6 Å². The van der Waals surface area contributed by atoms with Gasteiger partial charge in [-0.3, -0.25) is 4.90 Å². The standard InChI is InChI=1S/C23H23BrFNO/c24-22-15-20(25)11-12-21(22)23(27)13-14-26(16-18-7-3-1-4-8-18)17-19-9-5-2-6-10-19/h1-12,15,23,27H,13-14,16-17H2. The van der Waals surface area contributed by atoms with E-state index in [0.29, 0.717) is 10.9 Å². The number of nitrogens with zero attached hydrogens (tertiary/aromatic N) is 1. The Morgan fingerprint density at radius 1 is 0.852 bits per heavy atom. The van der Waals surface area contributed by atoms with Crippen LogP contribution in [0.4, 0.5) is 4.39 Å². The molecule has 0 aliphatic rings. The molecule has 0 bridgehead atoms. The molecule has 0 radical (unpaired) electrons. The Morgan fingerprint density at radius 3 is 1.93 bits per heavy atom. The second-order valence-electron chi connectivity index (χ2n) is 6.65. The highest BCUT2D eigenvalue weighted by molar-refractivity contribution is 9.10. The molecule has 0 saturated carbocycles. The molecule has 3 aromatic carbocycles. The summed E-state index contributed by atoms with van der Waals surface area (Å²) in [5.41, 5.74) is 3.20. The minimum absolute atomic E-state index is 0.312. The zero-order valence-electron chi connectivity index (χ0n) is 15.1. The van der Waals surface area contributed by atoms with E-state index >= 15 is 0 Å². The molecule has 3 aromatic rings. The van der Waals surface area contributed by atoms with Crippen molar-refractivity contribution in [3.05, 3.63) is 106 Å². The van der Waals surface area contributed by atoms with Crippen molar-refractivity contribution in [2.24, 2.45) is 0 Å². The summed E-state index contributed by atoms with van der Waals surface area (Å²) in [6, 6.07) is 25.1. The van der Waals surface area contributed by atoms with E-state index in [2.05, 4.69) is 45.1 Å². The molecule has 140 valence electrons. The lowest BCUT2D eigenvalue weighted by molar-refractivity contribution is 0.136. The van der Waals surface area contributed by atoms with Gasteiger partial charge in [0.2, 0.25) is 0 Å². The van der Waals surface area contributed by atoms with E-state index in [-0.39, 0.29) is 5.82 Å². The average molecular weight is 428 g/mol. The summed E-state index contributed by atoms with van der Waals surface area (Å²) in [4.78, 5) is 2.32. The molecule has 0 amide bonds. The summed E-state index contributed by atoms with van der Waals surface area (Å²) < 4.78 is 13.9. The molecule has 0 heterocycles. The van der Waals surface area contributed by atoms with Crippen LogP contribution in [0, 0.1) is 5.82 Å². The summed E-state index contributed by atoms with van der Waals surface area (Å²) >= 11 is 3.35. The fourth-order valence-corrected chi connectivity index (χ4v) is 3.74. The molecule has 0 spiro atoms. The maximum atomic E-state index is 13.3. The zero-order valence-corrected chi connectivity index (χ0v) is 16.6. The highest BCUT2D eigenvalue weighted by atomic mass is 79.9. The largest absolute Gasteiger partial charge is 0.388 e. The van der Waals surface area contributed by atoms with Crippen LogP contribution in [-0.4, -0.2) is 16.6 Å². The summed E-state index contributed by atoms with van der Waals surface area (Å²) in [6.45, 7) is 2.36. The zero-order chi connectivity index (χ0) is 19.1. The van der Waals surface area contributed by atoms with Crippen LogP contribution in [0.25, 0.3) is 0 Å². The molecule has 27 heavy (non-hydrogen) atoms. The van der Waals surface area contributed by atoms with Crippen molar-refractivity contribution in [2.75, 3.05) is 6.54 Å². The quantitative estimate of drug-likeness (QED) is 0.497. The molecule has 3 rings (SSSR count). The van der Waals surface area contributed by atoms with Crippen molar-refractivity contribution in [1.29, 1.82) is 0 Å². The topological polar surface area (TPSA) is 23.5 Å². The van der Waals surface area contributed by atoms with Crippen LogP contribution in [0.15, 0.2) is 83.3 Å². The number of hydrogen-bond acceptors (Lipinski definition) is 2. The Hall–Kier alpha value is -2.01. The maximum Gasteiger partial charge on any atom is 0.124 e. The van der Waals surface area contributed by atoms with E-state index in [1.807, 2.05) is 36.4 Å². The first kappa shape index (κ1) is 19.7. The molecule has 1 N–H and O–H groups in total. The van der Waals surface area contributed by atoms with Crippen LogP contribution in [0.5, 0.6) is 0 Å². The Kier molecular flexibility index (Phi) is 7.16. The lowest BCUT2D eigenvalue weighted by atomic mass is 10.1. The number of aliphatic hydroxyl groups is 1. The second kappa shape index (κ2) is 9.79. The first-order chi connectivity index (χ1) is 13.1. The lowest BCUT2D eigenvalue weighted by Gasteiger charge is -2.24. The summed E-state index contributed by atoms with van der Waals surface area (Å²) in [5, 5.41) is 10.6. The molecule has 0 aliphatic heterocycles. The van der Waals surface area contributed by atoms with Gasteiger partial charge in [0.1, 0.15) is 5.82 Å². The molecular formula is C23H23BrFNO. The molecule has 0 aromatic heterocycles. The molecule has 4 heteroatoms. The number of aliphatic hydroxyl groups excluding tert-OH is 1. The first-order valence-electron chi connectivity index (χ1n) is 9.05. The Labute approximate surface area is 168 Å². The smallest absolute Gasteiger partial charge is 0.124 e. The van der Waals surface area contributed by atoms with Crippen LogP contribution in [-0.2, 0) is 13.1 Å². The predicted molar refractivity (Wildman–Crippen MR) is 111 cm³/mol. The van der Waals surface area contributed by atoms with Crippen molar-refractivity contribution in [3.8, 4) is 0 Å². The van der Waals surface area contributed by atoms with Gasteiger partial charge >= 0.3 is 0 Å². The number of hydrogen-bond donors (Lipinski definition) is 1. The van der Waals surface area contributed by atoms with Gasteiger partial charge in [-0.15, -0.1) is 0 Å². The van der Waals surface area contributed by atoms with E-state index in [1.54, 1.807) is 6.07 Å². The van der Waals surface area contributed by atoms with Gasteiger partial charge in [0, 0.05) is 24.1 Å². The van der Waals surface area contributed by atoms with E-state index in [4.69, 9.17) is 0 Å². The molecular weight excluding hydrogens is 405 g/mol. The Morgan fingerprint density at radius 2 is 1.41 bits per heavy atom. The van der Waals surface area contributed by atoms with Crippen LogP contribution in [0.2, 0.25) is 0 Å². The molecule has 2 nitrogen and oxygen atoms in total. The third kappa shape index (κ3) is 5.99. The van der Waals surface area contributed by atoms with Gasteiger partial charge < -0.3 is 5.11 Å². The maximum absolute atomic E-state index is 13.3. The second-order valence-corrected chi connectivity index (χ2v) is 7.51. The minimum atomic E-state index is -0.644. The number of rotatable bonds is 8. The van der Waals surface area contributed by atoms with Gasteiger partial charge in [0.15, 0.2) is 0 Å². The van der Waals surface area contributed by atoms with Crippen LogP contribution < -0.4 is 0 Å². The summed E-state index contributed by atoms with van der Waals surface area (Å²) in [7, 11) is 0. The molecule has 1 atom stereocenters. The van der Waals surface area contributed by atoms with E-state index < -0.39 is 6.10 Å². The Bertz CT molecular complexity index is 800. The van der Waals surface area contributed by atoms with Crippen molar-refractivity contribution in [3.63, 3.8) is 0 Å². The number of halogens is 2. The summed E-state index contributed by atoms with van der Waals surface area (Å²) in [6.07, 6.45) is -0.0711. The lowest BCUT2D eigenvalue weighted by Crippen LogP contribution is -2.25. The monoisotopic (exact) mass is 427 g/mol. The fourth-order valence-electron chi connectivity index (χ4n) is 3.13. The fraction of sp³-hybridized carbons (Fsp3) is 0.217. The third-order valence-electron chi connectivity index (χ3n) is 4.54. The minimum Gasteiger partial charge on any atom is -0.388 e. The molecule has 0 saturated heterocycles. The van der Waals surface area contributed by atoms with Crippen LogP contribution in [0.1, 0.15) is 29.2 Å². The van der Waals surface area contributed by atoms with E-state index in [1.165, 1.54) is 23.3 Å². The third-order valence-corrected chi connectivity index (χ3v) is 5.23. The highest BCUT2D eigenvalue weighted by Crippen LogP contribution is 2.27. The van der Waals surface area contributed by atoms with Gasteiger partial charge in [-0.2, -0.15) is 0 Å². The molecule has 0 fully saturated rings. The van der Waals surface area contributed by atoms with Gasteiger partial charge in [0.05, 0.1) is 6.10 Å².